The summed E-state index contributed by atoms with van der Waals surface area (Å²) in [6.07, 6.45) is -1.50. The number of carbonyl (C=O) groups is 4. The van der Waals surface area contributed by atoms with Crippen LogP contribution in [-0.2, 0) is 47.8 Å². The molecule has 23 nitrogen and oxygen atoms in total. The van der Waals surface area contributed by atoms with Gasteiger partial charge in [-0.1, -0.05) is 41.4 Å². The smallest absolute Gasteiger partial charge is 0.405 e. The van der Waals surface area contributed by atoms with Crippen molar-refractivity contribution in [3.8, 4) is 28.4 Å². The lowest BCUT2D eigenvalue weighted by Crippen LogP contribution is -2.63. The molecule has 0 spiro atoms. The molecule has 0 unspecified atom stereocenters. The normalized spacial score (nSPS) is 20.7. The van der Waals surface area contributed by atoms with Crippen molar-refractivity contribution in [1.82, 2.24) is 55.5 Å². The third-order valence-electron chi connectivity index (χ3n) is 19.4. The summed E-state index contributed by atoms with van der Waals surface area (Å²) in [5, 5.41) is 32.3. The standard InChI is InChI=1S/C41H44ClF3N6O7.C32H32ClF3IN5O5/c1-40(2,39-47-19-35(58-39)24-7-9-27(42)10-8-24)51-14-13-50(31(21-51)38(55)48-23-41(43,44)45)20-28(52)15-25(16-29-17-26-18-46-12-11-33(26)57-29)37(54)49-36-30-5-3-4-6-34(30)56-22-32(36)53;1-31(2,30-39-14-26(47-30)18-3-5-21(33)6-4-18)42-8-7-41(25(16-42)28(43)40-17-32(34,35)36)15-23-10-19(29(44)46-23)9-22-11-20-12-38-13-24(37)27(20)45-22/h3-12,17-19,25,28,31-32,36,52-53H,13-16,20-23H2,1-2H3,(H,48,55)(H,49,54);3-6,11-14,19,23,25H,7-10,15-17H2,1-2H3,(H,40,43)/t25-,28-,31-,32+,36-;19-,23+,25+/m01/s1. The number of esters is 1. The van der Waals surface area contributed by atoms with Gasteiger partial charge >= 0.3 is 18.3 Å². The van der Waals surface area contributed by atoms with Gasteiger partial charge in [-0.05, 0) is 136 Å². The van der Waals surface area contributed by atoms with Gasteiger partial charge in [-0.15, -0.1) is 0 Å². The molecule has 3 fully saturated rings. The molecule has 558 valence electrons. The van der Waals surface area contributed by atoms with E-state index in [1.807, 2.05) is 66.3 Å². The molecule has 0 bridgehead atoms. The van der Waals surface area contributed by atoms with E-state index in [-0.39, 0.29) is 58.1 Å². The van der Waals surface area contributed by atoms with Crippen molar-refractivity contribution in [3.63, 3.8) is 0 Å². The van der Waals surface area contributed by atoms with Crippen LogP contribution in [-0.4, -0.2) is 188 Å². The Morgan fingerprint density at radius 3 is 1.86 bits per heavy atom. The third-order valence-corrected chi connectivity index (χ3v) is 20.7. The molecule has 0 aliphatic carbocycles. The highest BCUT2D eigenvalue weighted by molar-refractivity contribution is 14.1. The molecule has 0 saturated carbocycles. The first-order chi connectivity index (χ1) is 49.9. The summed E-state index contributed by atoms with van der Waals surface area (Å²) >= 11 is 14.2. The number of nitrogens with one attached hydrogen (secondary N) is 3. The van der Waals surface area contributed by atoms with Gasteiger partial charge in [0, 0.05) is 133 Å². The number of β-amino-alcohol motifs (C(OH)–C–C–N with tert-alkyl or cyclic N) is 1. The molecule has 4 aliphatic heterocycles. The lowest BCUT2D eigenvalue weighted by atomic mass is 9.92. The molecule has 0 radical (unpaired) electrons. The maximum Gasteiger partial charge on any atom is 0.405 e. The fourth-order valence-electron chi connectivity index (χ4n) is 13.7. The molecule has 13 rings (SSSR count). The number of para-hydroxylation sites is 1. The van der Waals surface area contributed by atoms with Crippen molar-refractivity contribution >= 4 is 91.4 Å². The summed E-state index contributed by atoms with van der Waals surface area (Å²) in [5.74, 6) is -0.400. The molecule has 3 aromatic carbocycles. The summed E-state index contributed by atoms with van der Waals surface area (Å²) in [6.45, 7) is 5.97. The summed E-state index contributed by atoms with van der Waals surface area (Å²) in [6, 6.07) is 23.7. The number of oxazole rings is 2. The first-order valence-electron chi connectivity index (χ1n) is 34.0. The second kappa shape index (κ2) is 32.1. The van der Waals surface area contributed by atoms with Crippen molar-refractivity contribution in [2.75, 3.05) is 72.1 Å². The number of rotatable bonds is 22. The van der Waals surface area contributed by atoms with E-state index in [4.69, 9.17) is 50.3 Å². The van der Waals surface area contributed by atoms with Crippen LogP contribution < -0.4 is 20.7 Å². The van der Waals surface area contributed by atoms with E-state index in [0.717, 1.165) is 25.5 Å². The summed E-state index contributed by atoms with van der Waals surface area (Å²) in [4.78, 5) is 78.4. The van der Waals surface area contributed by atoms with Gasteiger partial charge in [-0.2, -0.15) is 26.3 Å². The molecule has 10 heterocycles. The van der Waals surface area contributed by atoms with Crippen LogP contribution >= 0.6 is 45.8 Å². The fraction of sp³-hybridized carbons (Fsp3) is 0.425. The van der Waals surface area contributed by atoms with E-state index in [9.17, 15) is 55.7 Å². The number of hydrogen-bond donors (Lipinski definition) is 5. The number of fused-ring (bicyclic) bond motifs is 3. The Morgan fingerprint density at radius 1 is 0.695 bits per heavy atom. The number of alkyl halides is 6. The van der Waals surface area contributed by atoms with Crippen LogP contribution in [0.3, 0.4) is 0 Å². The van der Waals surface area contributed by atoms with E-state index in [1.54, 1.807) is 120 Å². The van der Waals surface area contributed by atoms with Crippen molar-refractivity contribution in [3.05, 3.63) is 171 Å². The first kappa shape index (κ1) is 76.4. The van der Waals surface area contributed by atoms with Gasteiger partial charge in [0.25, 0.3) is 0 Å². The number of aromatic nitrogens is 4. The number of aliphatic hydroxyl groups is 2. The summed E-state index contributed by atoms with van der Waals surface area (Å²) < 4.78 is 116. The van der Waals surface area contributed by atoms with E-state index in [1.165, 1.54) is 0 Å². The second-order valence-corrected chi connectivity index (χ2v) is 29.6. The van der Waals surface area contributed by atoms with Crippen molar-refractivity contribution in [2.45, 2.75) is 113 Å². The van der Waals surface area contributed by atoms with Crippen LogP contribution in [0.1, 0.15) is 75.4 Å². The number of carbonyl (C=O) groups excluding carboxylic acids is 4. The van der Waals surface area contributed by atoms with Crippen molar-refractivity contribution in [1.29, 1.82) is 0 Å². The number of aliphatic hydroxyl groups excluding tert-OH is 2. The maximum absolute atomic E-state index is 14.1. The first-order valence-corrected chi connectivity index (χ1v) is 35.8. The van der Waals surface area contributed by atoms with Gasteiger partial charge in [-0.3, -0.25) is 48.7 Å². The zero-order chi connectivity index (χ0) is 74.7. The van der Waals surface area contributed by atoms with Crippen LogP contribution in [0.2, 0.25) is 10.0 Å². The predicted molar refractivity (Wildman–Crippen MR) is 381 cm³/mol. The van der Waals surface area contributed by atoms with Crippen molar-refractivity contribution < 1.29 is 82.9 Å². The van der Waals surface area contributed by atoms with E-state index < -0.39 is 103 Å². The molecule has 5 N–H and O–H groups in total. The highest BCUT2D eigenvalue weighted by Gasteiger charge is 2.47. The molecule has 8 atom stereocenters. The number of amides is 3. The number of furan rings is 2. The zero-order valence-corrected chi connectivity index (χ0v) is 61.0. The number of nitrogens with zero attached hydrogens (tertiary/aromatic N) is 8. The number of cyclic esters (lactones) is 1. The van der Waals surface area contributed by atoms with Gasteiger partial charge in [0.15, 0.2) is 17.1 Å². The summed E-state index contributed by atoms with van der Waals surface area (Å²) in [5.41, 5.74) is 1.72. The van der Waals surface area contributed by atoms with Crippen LogP contribution in [0.15, 0.2) is 146 Å². The quantitative estimate of drug-likeness (QED) is 0.0239. The molecule has 4 aliphatic rings. The molecule has 105 heavy (non-hydrogen) atoms. The Labute approximate surface area is 622 Å². The van der Waals surface area contributed by atoms with Gasteiger partial charge in [0.05, 0.1) is 45.1 Å². The van der Waals surface area contributed by atoms with Crippen LogP contribution in [0, 0.1) is 15.4 Å². The van der Waals surface area contributed by atoms with Gasteiger partial charge in [0.1, 0.15) is 66.8 Å². The van der Waals surface area contributed by atoms with Crippen LogP contribution in [0.5, 0.6) is 5.75 Å². The van der Waals surface area contributed by atoms with E-state index >= 15 is 0 Å². The maximum atomic E-state index is 14.1. The van der Waals surface area contributed by atoms with Crippen LogP contribution in [0.4, 0.5) is 26.3 Å². The molecular formula is C73H76Cl2F6IN11O12. The number of piperazine rings is 2. The minimum atomic E-state index is -4.64. The number of benzene rings is 3. The molecule has 3 amide bonds. The number of ether oxygens (including phenoxy) is 2. The SMILES string of the molecule is CC(C)(c1ncc(-c2ccc(Cl)cc2)o1)N1CCN(C[C@@H](O)C[C@@H](Cc2cc3cnccc3o2)C(=O)N[C@H]2c3ccccc3OC[C@H]2O)[C@H](C(=O)NCC(F)(F)F)C1.CC(C)(c1ncc(-c2ccc(Cl)cc2)o1)N1CCN(C[C@@H]2C[C@@H](Cc3cc4cncc(I)c4o3)C(=O)O2)[C@H](C(=O)NCC(F)(F)F)C1. The highest BCUT2D eigenvalue weighted by Crippen LogP contribution is 2.39. The highest BCUT2D eigenvalue weighted by atomic mass is 127. The Balaban J connectivity index is 0.000000202. The Hall–Kier alpha value is -8.21. The molecule has 6 aromatic heterocycles. The van der Waals surface area contributed by atoms with Gasteiger partial charge in [0.2, 0.25) is 29.5 Å². The van der Waals surface area contributed by atoms with Gasteiger partial charge in [-0.25, -0.2) is 9.97 Å². The summed E-state index contributed by atoms with van der Waals surface area (Å²) in [7, 11) is 0. The minimum absolute atomic E-state index is 0.0138. The van der Waals surface area contributed by atoms with Gasteiger partial charge < -0.3 is 53.3 Å². The number of halogens is 9. The minimum Gasteiger partial charge on any atom is -0.490 e. The number of hydrogen-bond acceptors (Lipinski definition) is 20. The van der Waals surface area contributed by atoms with Crippen molar-refractivity contribution in [2.24, 2.45) is 11.8 Å². The Morgan fingerprint density at radius 2 is 1.27 bits per heavy atom. The van der Waals surface area contributed by atoms with E-state index in [2.05, 4.69) is 47.8 Å². The zero-order valence-electron chi connectivity index (χ0n) is 57.3. The third kappa shape index (κ3) is 18.6. The topological polar surface area (TPSA) is 280 Å². The van der Waals surface area contributed by atoms with E-state index in [0.29, 0.717) is 99.8 Å². The predicted octanol–water partition coefficient (Wildman–Crippen LogP) is 11.1. The Bertz CT molecular complexity index is 4500. The average Bonchev–Trinajstić information content (AvgIpc) is 1.77. The molecule has 32 heteroatoms. The average molecular weight is 1610 g/mol. The Kier molecular flexibility index (Phi) is 23.4. The molecule has 3 saturated heterocycles. The second-order valence-electron chi connectivity index (χ2n) is 27.5. The number of pyridine rings is 2. The lowest BCUT2D eigenvalue weighted by molar-refractivity contribution is -0.148. The molecule has 9 aromatic rings. The lowest BCUT2D eigenvalue weighted by Gasteiger charge is -2.46. The fourth-order valence-corrected chi connectivity index (χ4v) is 14.5. The van der Waals surface area contributed by atoms with Crippen LogP contribution in [0.25, 0.3) is 44.6 Å². The molecular weight excluding hydrogens is 1530 g/mol. The monoisotopic (exact) mass is 1610 g/mol. The largest absolute Gasteiger partial charge is 0.490 e.